The fourth-order valence-electron chi connectivity index (χ4n) is 2.45. The third-order valence-electron chi connectivity index (χ3n) is 3.58. The molecule has 138 valence electrons. The maximum Gasteiger partial charge on any atom is 0.353 e. The maximum atomic E-state index is 11.7. The van der Waals surface area contributed by atoms with Gasteiger partial charge in [-0.3, -0.25) is 10.1 Å². The first-order valence-electron chi connectivity index (χ1n) is 8.27. The molecule has 0 saturated carbocycles. The second-order valence-corrected chi connectivity index (χ2v) is 5.52. The van der Waals surface area contributed by atoms with Gasteiger partial charge in [0.2, 0.25) is 11.6 Å². The fraction of sp³-hybridized carbons (Fsp3) is 0.167. The van der Waals surface area contributed by atoms with Crippen LogP contribution in [0.15, 0.2) is 48.8 Å². The summed E-state index contributed by atoms with van der Waals surface area (Å²) in [5, 5.41) is 17.5. The zero-order chi connectivity index (χ0) is 19.2. The van der Waals surface area contributed by atoms with E-state index in [0.29, 0.717) is 23.9 Å². The normalized spacial score (nSPS) is 10.3. The molecule has 2 N–H and O–H groups in total. The molecule has 9 nitrogen and oxygen atoms in total. The number of benzene rings is 1. The van der Waals surface area contributed by atoms with Crippen molar-refractivity contribution in [3.8, 4) is 5.75 Å². The van der Waals surface area contributed by atoms with E-state index in [0.717, 1.165) is 5.69 Å². The summed E-state index contributed by atoms with van der Waals surface area (Å²) < 4.78 is 5.55. The Balaban J connectivity index is 1.98. The summed E-state index contributed by atoms with van der Waals surface area (Å²) in [4.78, 5) is 23.5. The average Bonchev–Trinajstić information content (AvgIpc) is 2.63. The van der Waals surface area contributed by atoms with Crippen LogP contribution in [0.5, 0.6) is 5.75 Å². The zero-order valence-corrected chi connectivity index (χ0v) is 14.8. The lowest BCUT2D eigenvalue weighted by Gasteiger charge is -2.13. The number of aryl methyl sites for hydroxylation is 1. The molecule has 2 aromatic heterocycles. The van der Waals surface area contributed by atoms with Crippen LogP contribution in [0.3, 0.4) is 0 Å². The van der Waals surface area contributed by atoms with Crippen molar-refractivity contribution in [2.24, 2.45) is 0 Å². The molecular weight excluding hydrogens is 348 g/mol. The minimum absolute atomic E-state index is 0.0458. The molecule has 0 radical (unpaired) electrons. The van der Waals surface area contributed by atoms with Crippen LogP contribution in [0.2, 0.25) is 0 Å². The number of nitrogens with one attached hydrogen (secondary N) is 2. The van der Waals surface area contributed by atoms with Crippen LogP contribution >= 0.6 is 0 Å². The van der Waals surface area contributed by atoms with Crippen LogP contribution in [-0.4, -0.2) is 26.5 Å². The molecule has 0 atom stereocenters. The zero-order valence-electron chi connectivity index (χ0n) is 14.8. The van der Waals surface area contributed by atoms with Gasteiger partial charge in [0.05, 0.1) is 17.2 Å². The van der Waals surface area contributed by atoms with Gasteiger partial charge in [-0.2, -0.15) is 0 Å². The number of nitro groups is 1. The van der Waals surface area contributed by atoms with Gasteiger partial charge in [-0.1, -0.05) is 18.2 Å². The van der Waals surface area contributed by atoms with Crippen LogP contribution < -0.4 is 15.4 Å². The van der Waals surface area contributed by atoms with Gasteiger partial charge in [-0.15, -0.1) is 0 Å². The summed E-state index contributed by atoms with van der Waals surface area (Å²) in [6.45, 7) is 4.16. The Morgan fingerprint density at radius 3 is 2.52 bits per heavy atom. The summed E-state index contributed by atoms with van der Waals surface area (Å²) in [5.41, 5.74) is 1.06. The molecule has 27 heavy (non-hydrogen) atoms. The number of pyridine rings is 1. The average molecular weight is 366 g/mol. The topological polar surface area (TPSA) is 115 Å². The molecule has 0 saturated heterocycles. The molecule has 0 fully saturated rings. The van der Waals surface area contributed by atoms with Gasteiger partial charge in [-0.25, -0.2) is 15.0 Å². The van der Waals surface area contributed by atoms with E-state index in [1.807, 2.05) is 26.0 Å². The number of para-hydroxylation sites is 2. The lowest BCUT2D eigenvalue weighted by atomic mass is 10.3. The van der Waals surface area contributed by atoms with E-state index >= 15 is 0 Å². The van der Waals surface area contributed by atoms with Gasteiger partial charge in [0.1, 0.15) is 17.9 Å². The van der Waals surface area contributed by atoms with Gasteiger partial charge in [0, 0.05) is 5.69 Å². The third kappa shape index (κ3) is 4.27. The highest BCUT2D eigenvalue weighted by atomic mass is 16.6. The number of anilines is 4. The first-order valence-corrected chi connectivity index (χ1v) is 8.27. The predicted octanol–water partition coefficient (Wildman–Crippen LogP) is 3.97. The van der Waals surface area contributed by atoms with Gasteiger partial charge >= 0.3 is 5.69 Å². The van der Waals surface area contributed by atoms with E-state index < -0.39 is 4.92 Å². The maximum absolute atomic E-state index is 11.7. The first-order chi connectivity index (χ1) is 13.1. The summed E-state index contributed by atoms with van der Waals surface area (Å²) in [6.07, 6.45) is 1.25. The molecule has 0 unspecified atom stereocenters. The largest absolute Gasteiger partial charge is 0.492 e. The number of hydrogen-bond donors (Lipinski definition) is 2. The standard InChI is InChI=1S/C18H18N6O3/c1-3-27-14-9-5-4-8-13(14)22-17-16(24(25)26)18(20-11-19-17)23-15-10-6-7-12(2)21-15/h4-11H,3H2,1-2H3,(H2,19,20,21,22,23). The van der Waals surface area contributed by atoms with Crippen molar-refractivity contribution in [2.75, 3.05) is 17.2 Å². The number of rotatable bonds is 7. The van der Waals surface area contributed by atoms with Crippen molar-refractivity contribution in [1.82, 2.24) is 15.0 Å². The first kappa shape index (κ1) is 18.1. The number of nitrogens with zero attached hydrogens (tertiary/aromatic N) is 4. The Hall–Kier alpha value is -3.75. The second-order valence-electron chi connectivity index (χ2n) is 5.52. The highest BCUT2D eigenvalue weighted by molar-refractivity contribution is 5.77. The highest BCUT2D eigenvalue weighted by Crippen LogP contribution is 2.35. The molecule has 2 heterocycles. The van der Waals surface area contributed by atoms with E-state index in [2.05, 4.69) is 25.6 Å². The Bertz CT molecular complexity index is 963. The summed E-state index contributed by atoms with van der Waals surface area (Å²) in [7, 11) is 0. The van der Waals surface area contributed by atoms with E-state index in [4.69, 9.17) is 4.74 Å². The van der Waals surface area contributed by atoms with Crippen LogP contribution in [0, 0.1) is 17.0 Å². The van der Waals surface area contributed by atoms with Crippen molar-refractivity contribution in [3.05, 3.63) is 64.6 Å². The number of aromatic nitrogens is 3. The molecule has 3 aromatic rings. The lowest BCUT2D eigenvalue weighted by Crippen LogP contribution is -2.07. The smallest absolute Gasteiger partial charge is 0.353 e. The van der Waals surface area contributed by atoms with Gasteiger partial charge in [0.15, 0.2) is 0 Å². The molecule has 0 aliphatic heterocycles. The van der Waals surface area contributed by atoms with E-state index in [-0.39, 0.29) is 17.3 Å². The predicted molar refractivity (Wildman–Crippen MR) is 102 cm³/mol. The Labute approximate surface area is 155 Å². The van der Waals surface area contributed by atoms with Crippen molar-refractivity contribution >= 4 is 28.8 Å². The van der Waals surface area contributed by atoms with Gasteiger partial charge in [0.25, 0.3) is 0 Å². The monoisotopic (exact) mass is 366 g/mol. The molecule has 0 aliphatic carbocycles. The minimum atomic E-state index is -0.538. The van der Waals surface area contributed by atoms with Gasteiger partial charge in [-0.05, 0) is 38.1 Å². The van der Waals surface area contributed by atoms with E-state index in [9.17, 15) is 10.1 Å². The summed E-state index contributed by atoms with van der Waals surface area (Å²) in [5.74, 6) is 1.13. The van der Waals surface area contributed by atoms with E-state index in [1.54, 1.807) is 30.3 Å². The molecule has 9 heteroatoms. The molecule has 0 bridgehead atoms. The Morgan fingerprint density at radius 1 is 1.07 bits per heavy atom. The van der Waals surface area contributed by atoms with Crippen LogP contribution in [0.1, 0.15) is 12.6 Å². The van der Waals surface area contributed by atoms with Crippen LogP contribution in [0.25, 0.3) is 0 Å². The molecule has 0 amide bonds. The Kier molecular flexibility index (Phi) is 5.41. The Morgan fingerprint density at radius 2 is 1.81 bits per heavy atom. The molecule has 0 aliphatic rings. The van der Waals surface area contributed by atoms with Crippen LogP contribution in [0.4, 0.5) is 28.8 Å². The lowest BCUT2D eigenvalue weighted by molar-refractivity contribution is -0.383. The van der Waals surface area contributed by atoms with Crippen molar-refractivity contribution in [3.63, 3.8) is 0 Å². The van der Waals surface area contributed by atoms with Crippen molar-refractivity contribution in [1.29, 1.82) is 0 Å². The fourth-order valence-corrected chi connectivity index (χ4v) is 2.45. The van der Waals surface area contributed by atoms with Gasteiger partial charge < -0.3 is 15.4 Å². The van der Waals surface area contributed by atoms with Crippen molar-refractivity contribution in [2.45, 2.75) is 13.8 Å². The van der Waals surface area contributed by atoms with E-state index in [1.165, 1.54) is 6.33 Å². The highest BCUT2D eigenvalue weighted by Gasteiger charge is 2.24. The molecular formula is C18H18N6O3. The van der Waals surface area contributed by atoms with Crippen LogP contribution in [-0.2, 0) is 0 Å². The summed E-state index contributed by atoms with van der Waals surface area (Å²) >= 11 is 0. The molecule has 0 spiro atoms. The molecule has 1 aromatic carbocycles. The number of ether oxygens (including phenoxy) is 1. The minimum Gasteiger partial charge on any atom is -0.492 e. The summed E-state index contributed by atoms with van der Waals surface area (Å²) in [6, 6.07) is 12.5. The third-order valence-corrected chi connectivity index (χ3v) is 3.58. The molecule has 3 rings (SSSR count). The number of hydrogen-bond acceptors (Lipinski definition) is 8. The quantitative estimate of drug-likeness (QED) is 0.477. The SMILES string of the molecule is CCOc1ccccc1Nc1ncnc(Nc2cccc(C)n2)c1[N+](=O)[O-]. The second kappa shape index (κ2) is 8.09. The van der Waals surface area contributed by atoms with Crippen molar-refractivity contribution < 1.29 is 9.66 Å².